The van der Waals surface area contributed by atoms with Crippen molar-refractivity contribution in [3.05, 3.63) is 59.7 Å². The van der Waals surface area contributed by atoms with Gasteiger partial charge in [-0.15, -0.1) is 0 Å². The molecule has 0 saturated heterocycles. The number of rotatable bonds is 7. The van der Waals surface area contributed by atoms with Gasteiger partial charge in [0.15, 0.2) is 5.78 Å². The molecule has 0 heterocycles. The first-order chi connectivity index (χ1) is 10.2. The fraction of sp³-hybridized carbons (Fsp3) is 0.278. The number of para-hydroxylation sites is 2. The van der Waals surface area contributed by atoms with Gasteiger partial charge in [-0.2, -0.15) is 0 Å². The molecule has 2 rings (SSSR count). The lowest BCUT2D eigenvalue weighted by molar-refractivity contribution is 0.101. The number of ketones is 1. The summed E-state index contributed by atoms with van der Waals surface area (Å²) >= 11 is 0. The Kier molecular flexibility index (Phi) is 5.38. The van der Waals surface area contributed by atoms with E-state index in [9.17, 15) is 4.79 Å². The van der Waals surface area contributed by atoms with Crippen LogP contribution < -0.4 is 9.47 Å². The molecule has 0 radical (unpaired) electrons. The largest absolute Gasteiger partial charge is 0.490 e. The van der Waals surface area contributed by atoms with Crippen LogP contribution >= 0.6 is 0 Å². The van der Waals surface area contributed by atoms with Crippen LogP contribution in [0.4, 0.5) is 0 Å². The van der Waals surface area contributed by atoms with Gasteiger partial charge in [0.25, 0.3) is 0 Å². The zero-order chi connectivity index (χ0) is 15.1. The van der Waals surface area contributed by atoms with E-state index in [1.165, 1.54) is 12.5 Å². The van der Waals surface area contributed by atoms with E-state index in [-0.39, 0.29) is 5.78 Å². The summed E-state index contributed by atoms with van der Waals surface area (Å²) in [4.78, 5) is 11.5. The van der Waals surface area contributed by atoms with Crippen molar-refractivity contribution in [1.82, 2.24) is 0 Å². The Bertz CT molecular complexity index is 605. The first-order valence-corrected chi connectivity index (χ1v) is 7.16. The number of hydrogen-bond acceptors (Lipinski definition) is 3. The molecule has 0 bridgehead atoms. The molecule has 0 aliphatic rings. The third kappa shape index (κ3) is 4.09. The molecule has 0 N–H and O–H groups in total. The average molecular weight is 284 g/mol. The second-order valence-electron chi connectivity index (χ2n) is 4.71. The number of carbonyl (C=O) groups is 1. The van der Waals surface area contributed by atoms with Crippen LogP contribution in [0.2, 0.25) is 0 Å². The van der Waals surface area contributed by atoms with Crippen molar-refractivity contribution < 1.29 is 14.3 Å². The topological polar surface area (TPSA) is 35.5 Å². The van der Waals surface area contributed by atoms with Crippen molar-refractivity contribution >= 4 is 5.78 Å². The van der Waals surface area contributed by atoms with Crippen LogP contribution in [0.5, 0.6) is 11.5 Å². The van der Waals surface area contributed by atoms with Crippen molar-refractivity contribution in [2.75, 3.05) is 13.2 Å². The SMILES string of the molecule is CCc1ccccc1OCCOc1ccccc1C(C)=O. The molecule has 3 heteroatoms. The summed E-state index contributed by atoms with van der Waals surface area (Å²) < 4.78 is 11.4. The second kappa shape index (κ2) is 7.48. The van der Waals surface area contributed by atoms with E-state index >= 15 is 0 Å². The molecule has 2 aromatic carbocycles. The van der Waals surface area contributed by atoms with E-state index in [1.54, 1.807) is 12.1 Å². The Morgan fingerprint density at radius 3 is 2.14 bits per heavy atom. The minimum atomic E-state index is 0.00264. The average Bonchev–Trinajstić information content (AvgIpc) is 2.52. The Morgan fingerprint density at radius 2 is 1.48 bits per heavy atom. The van der Waals surface area contributed by atoms with Gasteiger partial charge in [-0.05, 0) is 37.1 Å². The Balaban J connectivity index is 1.89. The van der Waals surface area contributed by atoms with Gasteiger partial charge < -0.3 is 9.47 Å². The zero-order valence-corrected chi connectivity index (χ0v) is 12.5. The first kappa shape index (κ1) is 15.1. The molecule has 0 aliphatic heterocycles. The van der Waals surface area contributed by atoms with Gasteiger partial charge in [-0.1, -0.05) is 37.3 Å². The highest BCUT2D eigenvalue weighted by Crippen LogP contribution is 2.20. The number of aryl methyl sites for hydroxylation is 1. The standard InChI is InChI=1S/C18H20O3/c1-3-15-8-4-6-10-17(15)20-12-13-21-18-11-7-5-9-16(18)14(2)19/h4-11H,3,12-13H2,1-2H3. The predicted octanol–water partition coefficient (Wildman–Crippen LogP) is 3.91. The number of ether oxygens (including phenoxy) is 2. The molecule has 0 aromatic heterocycles. The molecular formula is C18H20O3. The lowest BCUT2D eigenvalue weighted by atomic mass is 10.1. The summed E-state index contributed by atoms with van der Waals surface area (Å²) in [5.41, 5.74) is 1.79. The monoisotopic (exact) mass is 284 g/mol. The maximum atomic E-state index is 11.5. The lowest BCUT2D eigenvalue weighted by Crippen LogP contribution is -2.11. The summed E-state index contributed by atoms with van der Waals surface area (Å²) in [7, 11) is 0. The summed E-state index contributed by atoms with van der Waals surface area (Å²) in [6.45, 7) is 4.49. The molecule has 0 unspecified atom stereocenters. The van der Waals surface area contributed by atoms with Gasteiger partial charge in [0.1, 0.15) is 24.7 Å². The van der Waals surface area contributed by atoms with E-state index in [0.717, 1.165) is 12.2 Å². The summed E-state index contributed by atoms with van der Waals surface area (Å²) in [5, 5.41) is 0. The minimum Gasteiger partial charge on any atom is -0.490 e. The van der Waals surface area contributed by atoms with Crippen molar-refractivity contribution in [1.29, 1.82) is 0 Å². The van der Waals surface area contributed by atoms with Gasteiger partial charge >= 0.3 is 0 Å². The Morgan fingerprint density at radius 1 is 0.905 bits per heavy atom. The molecule has 0 saturated carbocycles. The molecule has 0 aliphatic carbocycles. The number of hydrogen-bond donors (Lipinski definition) is 0. The van der Waals surface area contributed by atoms with Crippen molar-refractivity contribution in [2.24, 2.45) is 0 Å². The molecule has 21 heavy (non-hydrogen) atoms. The maximum Gasteiger partial charge on any atom is 0.163 e. The predicted molar refractivity (Wildman–Crippen MR) is 83.3 cm³/mol. The zero-order valence-electron chi connectivity index (χ0n) is 12.5. The molecule has 0 atom stereocenters. The van der Waals surface area contributed by atoms with Gasteiger partial charge in [0.2, 0.25) is 0 Å². The van der Waals surface area contributed by atoms with Gasteiger partial charge in [-0.25, -0.2) is 0 Å². The molecular weight excluding hydrogens is 264 g/mol. The normalized spacial score (nSPS) is 10.2. The van der Waals surface area contributed by atoms with Crippen LogP contribution in [0.15, 0.2) is 48.5 Å². The van der Waals surface area contributed by atoms with Crippen molar-refractivity contribution in [3.8, 4) is 11.5 Å². The van der Waals surface area contributed by atoms with Crippen LogP contribution in [-0.2, 0) is 6.42 Å². The van der Waals surface area contributed by atoms with Crippen LogP contribution in [0.1, 0.15) is 29.8 Å². The minimum absolute atomic E-state index is 0.00264. The van der Waals surface area contributed by atoms with E-state index in [2.05, 4.69) is 13.0 Å². The molecule has 0 fully saturated rings. The van der Waals surface area contributed by atoms with Crippen LogP contribution in [0.3, 0.4) is 0 Å². The smallest absolute Gasteiger partial charge is 0.163 e. The van der Waals surface area contributed by atoms with Crippen molar-refractivity contribution in [3.63, 3.8) is 0 Å². The third-order valence-electron chi connectivity index (χ3n) is 3.22. The fourth-order valence-corrected chi connectivity index (χ4v) is 2.12. The number of Topliss-reactive ketones (excluding diaryl/α,β-unsaturated/α-hetero) is 1. The van der Waals surface area contributed by atoms with E-state index in [0.29, 0.717) is 24.5 Å². The highest BCUT2D eigenvalue weighted by Gasteiger charge is 2.07. The van der Waals surface area contributed by atoms with E-state index < -0.39 is 0 Å². The van der Waals surface area contributed by atoms with Crippen LogP contribution in [0, 0.1) is 0 Å². The lowest BCUT2D eigenvalue weighted by Gasteiger charge is -2.12. The van der Waals surface area contributed by atoms with Gasteiger partial charge in [0.05, 0.1) is 5.56 Å². The maximum absolute atomic E-state index is 11.5. The summed E-state index contributed by atoms with van der Waals surface area (Å²) in [6.07, 6.45) is 0.935. The Labute approximate surface area is 125 Å². The molecule has 0 spiro atoms. The summed E-state index contributed by atoms with van der Waals surface area (Å²) in [5.74, 6) is 1.50. The molecule has 3 nitrogen and oxygen atoms in total. The first-order valence-electron chi connectivity index (χ1n) is 7.16. The Hall–Kier alpha value is -2.29. The highest BCUT2D eigenvalue weighted by molar-refractivity contribution is 5.96. The molecule has 0 amide bonds. The number of carbonyl (C=O) groups excluding carboxylic acids is 1. The van der Waals surface area contributed by atoms with Crippen LogP contribution in [0.25, 0.3) is 0 Å². The summed E-state index contributed by atoms with van der Waals surface area (Å²) in [6, 6.07) is 15.2. The number of benzene rings is 2. The molecule has 2 aromatic rings. The fourth-order valence-electron chi connectivity index (χ4n) is 2.12. The molecule has 110 valence electrons. The quantitative estimate of drug-likeness (QED) is 0.571. The van der Waals surface area contributed by atoms with E-state index in [1.807, 2.05) is 30.3 Å². The van der Waals surface area contributed by atoms with Crippen molar-refractivity contribution in [2.45, 2.75) is 20.3 Å². The van der Waals surface area contributed by atoms with Gasteiger partial charge in [0, 0.05) is 0 Å². The highest BCUT2D eigenvalue weighted by atomic mass is 16.5. The van der Waals surface area contributed by atoms with Crippen LogP contribution in [-0.4, -0.2) is 19.0 Å². The van der Waals surface area contributed by atoms with Gasteiger partial charge in [-0.3, -0.25) is 4.79 Å². The third-order valence-corrected chi connectivity index (χ3v) is 3.22. The second-order valence-corrected chi connectivity index (χ2v) is 4.71. The van der Waals surface area contributed by atoms with E-state index in [4.69, 9.17) is 9.47 Å².